The Labute approximate surface area is 142 Å². The lowest BCUT2D eigenvalue weighted by Crippen LogP contribution is -2.44. The average molecular weight is 325 g/mol. The van der Waals surface area contributed by atoms with Gasteiger partial charge in [-0.3, -0.25) is 9.59 Å². The third-order valence-electron chi connectivity index (χ3n) is 5.06. The van der Waals surface area contributed by atoms with E-state index in [0.717, 1.165) is 51.9 Å². The molecule has 3 rings (SSSR count). The summed E-state index contributed by atoms with van der Waals surface area (Å²) in [7, 11) is 0. The maximum atomic E-state index is 12.5. The molecule has 0 aromatic heterocycles. The minimum atomic E-state index is 0.0342. The van der Waals surface area contributed by atoms with E-state index in [-0.39, 0.29) is 11.8 Å². The zero-order valence-corrected chi connectivity index (χ0v) is 13.9. The molecular weight excluding hydrogens is 302 g/mol. The zero-order valence-electron chi connectivity index (χ0n) is 13.9. The molecule has 0 aliphatic carbocycles. The summed E-state index contributed by atoms with van der Waals surface area (Å²) >= 11 is 0. The summed E-state index contributed by atoms with van der Waals surface area (Å²) in [6.07, 6.45) is 4.72. The number of piperidine rings is 2. The smallest absolute Gasteiger partial charge is 0.253 e. The maximum absolute atomic E-state index is 12.5. The molecule has 2 fully saturated rings. The van der Waals surface area contributed by atoms with E-state index >= 15 is 0 Å². The number of nitrogens with zero attached hydrogens (tertiary/aromatic N) is 3. The molecule has 0 spiro atoms. The molecule has 0 bridgehead atoms. The highest BCUT2D eigenvalue weighted by Crippen LogP contribution is 2.22. The zero-order chi connectivity index (χ0) is 16.9. The Morgan fingerprint density at radius 1 is 1.12 bits per heavy atom. The highest BCUT2D eigenvalue weighted by Gasteiger charge is 2.27. The summed E-state index contributed by atoms with van der Waals surface area (Å²) in [6.45, 7) is 3.22. The number of hydrogen-bond acceptors (Lipinski definition) is 3. The molecule has 1 aromatic rings. The lowest BCUT2D eigenvalue weighted by atomic mass is 9.94. The van der Waals surface area contributed by atoms with Crippen LogP contribution in [0.25, 0.3) is 0 Å². The van der Waals surface area contributed by atoms with E-state index in [4.69, 9.17) is 5.26 Å². The summed E-state index contributed by atoms with van der Waals surface area (Å²) in [5.74, 6) is 0.821. The molecule has 5 heteroatoms. The van der Waals surface area contributed by atoms with E-state index in [1.807, 2.05) is 9.80 Å². The van der Waals surface area contributed by atoms with Crippen molar-refractivity contribution < 1.29 is 9.59 Å². The van der Waals surface area contributed by atoms with Gasteiger partial charge in [0.25, 0.3) is 5.91 Å². The van der Waals surface area contributed by atoms with E-state index in [1.54, 1.807) is 24.3 Å². The Bertz CT molecular complexity index is 640. The van der Waals surface area contributed by atoms with Gasteiger partial charge in [0.15, 0.2) is 0 Å². The van der Waals surface area contributed by atoms with Crippen LogP contribution in [0.2, 0.25) is 0 Å². The molecule has 2 aliphatic rings. The van der Waals surface area contributed by atoms with Gasteiger partial charge in [0, 0.05) is 38.2 Å². The predicted octanol–water partition coefficient (Wildman–Crippen LogP) is 2.42. The lowest BCUT2D eigenvalue weighted by Gasteiger charge is -2.36. The Morgan fingerprint density at radius 3 is 2.46 bits per heavy atom. The van der Waals surface area contributed by atoms with Crippen molar-refractivity contribution in [2.24, 2.45) is 5.92 Å². The molecular formula is C19H23N3O2. The molecule has 2 saturated heterocycles. The van der Waals surface area contributed by atoms with Crippen molar-refractivity contribution in [1.29, 1.82) is 5.26 Å². The van der Waals surface area contributed by atoms with Crippen LogP contribution in [0.4, 0.5) is 0 Å². The normalized spacial score (nSPS) is 19.2. The molecule has 2 amide bonds. The summed E-state index contributed by atoms with van der Waals surface area (Å²) in [4.78, 5) is 28.3. The second kappa shape index (κ2) is 7.48. The van der Waals surface area contributed by atoms with Gasteiger partial charge in [-0.05, 0) is 55.9 Å². The molecule has 0 N–H and O–H groups in total. The van der Waals surface area contributed by atoms with Crippen molar-refractivity contribution in [3.8, 4) is 6.07 Å². The van der Waals surface area contributed by atoms with Crippen molar-refractivity contribution >= 4 is 11.8 Å². The van der Waals surface area contributed by atoms with Crippen molar-refractivity contribution in [2.75, 3.05) is 26.2 Å². The number of rotatable bonds is 3. The SMILES string of the molecule is N#Cc1ccc(C(=O)N2CCC(CN3CCCCC3=O)CC2)cc1. The molecule has 2 aliphatic heterocycles. The van der Waals surface area contributed by atoms with Crippen molar-refractivity contribution in [3.63, 3.8) is 0 Å². The standard InChI is InChI=1S/C19H23N3O2/c20-13-15-4-6-17(7-5-15)19(24)21-11-8-16(9-12-21)14-22-10-2-1-3-18(22)23/h4-7,16H,1-3,8-12,14H2. The summed E-state index contributed by atoms with van der Waals surface area (Å²) in [6, 6.07) is 8.87. The van der Waals surface area contributed by atoms with E-state index in [1.165, 1.54) is 0 Å². The second-order valence-corrected chi connectivity index (χ2v) is 6.72. The third kappa shape index (κ3) is 3.76. The second-order valence-electron chi connectivity index (χ2n) is 6.72. The van der Waals surface area contributed by atoms with Gasteiger partial charge in [-0.1, -0.05) is 0 Å². The molecule has 0 atom stereocenters. The van der Waals surface area contributed by atoms with Crippen LogP contribution in [0, 0.1) is 17.2 Å². The van der Waals surface area contributed by atoms with Crippen molar-refractivity contribution in [3.05, 3.63) is 35.4 Å². The van der Waals surface area contributed by atoms with Gasteiger partial charge >= 0.3 is 0 Å². The fourth-order valence-corrected chi connectivity index (χ4v) is 3.56. The maximum Gasteiger partial charge on any atom is 0.253 e. The van der Waals surface area contributed by atoms with Gasteiger partial charge in [-0.15, -0.1) is 0 Å². The lowest BCUT2D eigenvalue weighted by molar-refractivity contribution is -0.134. The molecule has 1 aromatic carbocycles. The van der Waals surface area contributed by atoms with Crippen LogP contribution in [0.15, 0.2) is 24.3 Å². The fraction of sp³-hybridized carbons (Fsp3) is 0.526. The van der Waals surface area contributed by atoms with Crippen molar-refractivity contribution in [1.82, 2.24) is 9.80 Å². The van der Waals surface area contributed by atoms with Crippen LogP contribution in [0.1, 0.15) is 48.0 Å². The van der Waals surface area contributed by atoms with Gasteiger partial charge < -0.3 is 9.80 Å². The number of benzene rings is 1. The molecule has 0 unspecified atom stereocenters. The molecule has 126 valence electrons. The predicted molar refractivity (Wildman–Crippen MR) is 90.2 cm³/mol. The number of carbonyl (C=O) groups excluding carboxylic acids is 2. The highest BCUT2D eigenvalue weighted by atomic mass is 16.2. The molecule has 24 heavy (non-hydrogen) atoms. The van der Waals surface area contributed by atoms with E-state index in [9.17, 15) is 9.59 Å². The van der Waals surface area contributed by atoms with E-state index < -0.39 is 0 Å². The van der Waals surface area contributed by atoms with Crippen LogP contribution in [-0.4, -0.2) is 47.8 Å². The average Bonchev–Trinajstić information content (AvgIpc) is 2.64. The van der Waals surface area contributed by atoms with Crippen LogP contribution >= 0.6 is 0 Å². The quantitative estimate of drug-likeness (QED) is 0.857. The first-order valence-electron chi connectivity index (χ1n) is 8.74. The molecule has 0 saturated carbocycles. The van der Waals surface area contributed by atoms with E-state index in [0.29, 0.717) is 23.5 Å². The molecule has 2 heterocycles. The van der Waals surface area contributed by atoms with Crippen LogP contribution < -0.4 is 0 Å². The van der Waals surface area contributed by atoms with Crippen LogP contribution in [0.5, 0.6) is 0 Å². The first-order chi connectivity index (χ1) is 11.7. The first kappa shape index (κ1) is 16.5. The topological polar surface area (TPSA) is 64.4 Å². The number of likely N-dealkylation sites (tertiary alicyclic amines) is 2. The van der Waals surface area contributed by atoms with Gasteiger partial charge in [0.05, 0.1) is 11.6 Å². The Kier molecular flexibility index (Phi) is 5.14. The first-order valence-corrected chi connectivity index (χ1v) is 8.74. The Morgan fingerprint density at radius 2 is 1.83 bits per heavy atom. The number of amides is 2. The monoisotopic (exact) mass is 325 g/mol. The van der Waals surface area contributed by atoms with Gasteiger partial charge in [0.1, 0.15) is 0 Å². The fourth-order valence-electron chi connectivity index (χ4n) is 3.56. The summed E-state index contributed by atoms with van der Waals surface area (Å²) in [5, 5.41) is 8.82. The minimum absolute atomic E-state index is 0.0342. The Balaban J connectivity index is 1.51. The molecule has 5 nitrogen and oxygen atoms in total. The number of carbonyl (C=O) groups is 2. The number of nitriles is 1. The summed E-state index contributed by atoms with van der Waals surface area (Å²) < 4.78 is 0. The van der Waals surface area contributed by atoms with Crippen molar-refractivity contribution in [2.45, 2.75) is 32.1 Å². The Hall–Kier alpha value is -2.35. The largest absolute Gasteiger partial charge is 0.342 e. The van der Waals surface area contributed by atoms with Crippen LogP contribution in [0.3, 0.4) is 0 Å². The van der Waals surface area contributed by atoms with Gasteiger partial charge in [-0.25, -0.2) is 0 Å². The highest BCUT2D eigenvalue weighted by molar-refractivity contribution is 5.94. The van der Waals surface area contributed by atoms with E-state index in [2.05, 4.69) is 6.07 Å². The summed E-state index contributed by atoms with van der Waals surface area (Å²) in [5.41, 5.74) is 1.20. The minimum Gasteiger partial charge on any atom is -0.342 e. The van der Waals surface area contributed by atoms with Crippen LogP contribution in [-0.2, 0) is 4.79 Å². The van der Waals surface area contributed by atoms with Gasteiger partial charge in [-0.2, -0.15) is 5.26 Å². The third-order valence-corrected chi connectivity index (χ3v) is 5.06. The number of hydrogen-bond donors (Lipinski definition) is 0. The molecule has 0 radical (unpaired) electrons. The van der Waals surface area contributed by atoms with Gasteiger partial charge in [0.2, 0.25) is 5.91 Å².